The second-order valence-electron chi connectivity index (χ2n) is 9.31. The molecule has 0 aromatic heterocycles. The molecule has 2 unspecified atom stereocenters. The monoisotopic (exact) mass is 536 g/mol. The lowest BCUT2D eigenvalue weighted by atomic mass is 10.1. The number of hydrogen-bond donors (Lipinski definition) is 1. The van der Waals surface area contributed by atoms with Crippen LogP contribution in [0.2, 0.25) is 0 Å². The van der Waals surface area contributed by atoms with E-state index in [2.05, 4.69) is 52.2 Å². The van der Waals surface area contributed by atoms with Crippen LogP contribution in [-0.4, -0.2) is 47.2 Å². The molecule has 1 aliphatic carbocycles. The lowest BCUT2D eigenvalue weighted by molar-refractivity contribution is -0.767. The fourth-order valence-electron chi connectivity index (χ4n) is 3.91. The first-order chi connectivity index (χ1) is 17.8. The standard InChI is InChI=1S/C15H22S.C13H22N2O6/c1-2-6-14(7-3-1)10-12-16-13-11-15-8-4-5-9-15;1-4-5-6-7-8-12(16)14-11(3)13(17)20-9-10(2)21-15(18)19/h1-3,6-7,15H,4-5,8-13H2;4-5,10-11H,6-9H2,1-3H3,(H,14,16)/b;5-4-. The third-order valence-corrected chi connectivity index (χ3v) is 7.01. The van der Waals surface area contributed by atoms with Crippen molar-refractivity contribution in [2.24, 2.45) is 5.92 Å². The zero-order chi connectivity index (χ0) is 27.3. The number of rotatable bonds is 16. The predicted octanol–water partition coefficient (Wildman–Crippen LogP) is 5.92. The number of amides is 1. The van der Waals surface area contributed by atoms with Gasteiger partial charge in [-0.1, -0.05) is 68.2 Å². The second-order valence-corrected chi connectivity index (χ2v) is 10.5. The van der Waals surface area contributed by atoms with Crippen LogP contribution in [-0.2, 0) is 25.6 Å². The van der Waals surface area contributed by atoms with Crippen LogP contribution < -0.4 is 5.32 Å². The summed E-state index contributed by atoms with van der Waals surface area (Å²) in [6.45, 7) is 4.55. The molecule has 1 amide bonds. The largest absolute Gasteiger partial charge is 0.462 e. The molecule has 1 fully saturated rings. The van der Waals surface area contributed by atoms with Crippen LogP contribution in [0, 0.1) is 16.0 Å². The topological polar surface area (TPSA) is 108 Å². The SMILES string of the molecule is C/C=C\CCCC(=O)NC(C)C(=O)OCC(C)O[N+](=O)[O-].c1ccc(CCSCCC2CCCC2)cc1. The number of allylic oxidation sites excluding steroid dienone is 2. The van der Waals surface area contributed by atoms with Gasteiger partial charge in [0.25, 0.3) is 5.09 Å². The van der Waals surface area contributed by atoms with E-state index < -0.39 is 23.2 Å². The van der Waals surface area contributed by atoms with E-state index in [1.165, 1.54) is 69.4 Å². The van der Waals surface area contributed by atoms with Crippen molar-refractivity contribution in [1.82, 2.24) is 5.32 Å². The van der Waals surface area contributed by atoms with E-state index in [0.29, 0.717) is 12.8 Å². The average Bonchev–Trinajstić information content (AvgIpc) is 3.39. The number of carbonyl (C=O) groups excluding carboxylic acids is 2. The Hall–Kier alpha value is -2.55. The lowest BCUT2D eigenvalue weighted by Crippen LogP contribution is -2.40. The van der Waals surface area contributed by atoms with Crippen molar-refractivity contribution < 1.29 is 24.3 Å². The number of nitrogens with one attached hydrogen (secondary N) is 1. The quantitative estimate of drug-likeness (QED) is 0.0918. The summed E-state index contributed by atoms with van der Waals surface area (Å²) in [6, 6.07) is 10.0. The maximum Gasteiger partial charge on any atom is 0.328 e. The van der Waals surface area contributed by atoms with Gasteiger partial charge in [-0.15, -0.1) is 10.1 Å². The van der Waals surface area contributed by atoms with Gasteiger partial charge in [0.2, 0.25) is 5.91 Å². The van der Waals surface area contributed by atoms with Gasteiger partial charge in [0.15, 0.2) is 0 Å². The van der Waals surface area contributed by atoms with E-state index in [1.54, 1.807) is 0 Å². The van der Waals surface area contributed by atoms with Crippen LogP contribution in [0.5, 0.6) is 0 Å². The van der Waals surface area contributed by atoms with Gasteiger partial charge in [0.05, 0.1) is 0 Å². The summed E-state index contributed by atoms with van der Waals surface area (Å²) in [5.41, 5.74) is 1.48. The Morgan fingerprint density at radius 2 is 1.89 bits per heavy atom. The molecule has 0 aliphatic heterocycles. The van der Waals surface area contributed by atoms with Crippen LogP contribution in [0.15, 0.2) is 42.5 Å². The molecule has 0 radical (unpaired) electrons. The average molecular weight is 537 g/mol. The fraction of sp³-hybridized carbons (Fsp3) is 0.643. The summed E-state index contributed by atoms with van der Waals surface area (Å²) in [5.74, 6) is 2.83. The van der Waals surface area contributed by atoms with Gasteiger partial charge in [-0.2, -0.15) is 11.8 Å². The molecule has 2 atom stereocenters. The Bertz CT molecular complexity index is 799. The first kappa shape index (κ1) is 32.5. The Labute approximate surface area is 226 Å². The molecule has 0 saturated heterocycles. The van der Waals surface area contributed by atoms with Gasteiger partial charge in [-0.3, -0.25) is 4.79 Å². The number of benzene rings is 1. The number of hydrogen-bond acceptors (Lipinski definition) is 7. The third kappa shape index (κ3) is 17.5. The van der Waals surface area contributed by atoms with Crippen LogP contribution in [0.1, 0.15) is 77.7 Å². The molecule has 9 heteroatoms. The van der Waals surface area contributed by atoms with E-state index in [9.17, 15) is 19.7 Å². The van der Waals surface area contributed by atoms with Gasteiger partial charge in [0, 0.05) is 6.42 Å². The highest BCUT2D eigenvalue weighted by Gasteiger charge is 2.18. The Morgan fingerprint density at radius 1 is 1.19 bits per heavy atom. The van der Waals surface area contributed by atoms with Crippen molar-refractivity contribution in [1.29, 1.82) is 0 Å². The van der Waals surface area contributed by atoms with E-state index in [0.717, 1.165) is 12.3 Å². The van der Waals surface area contributed by atoms with Gasteiger partial charge in [-0.05, 0) is 69.4 Å². The molecule has 0 spiro atoms. The maximum atomic E-state index is 11.6. The number of ether oxygens (including phenoxy) is 1. The molecule has 8 nitrogen and oxygen atoms in total. The molecule has 1 aromatic rings. The van der Waals surface area contributed by atoms with Crippen LogP contribution in [0.25, 0.3) is 0 Å². The Morgan fingerprint density at radius 3 is 2.54 bits per heavy atom. The first-order valence-corrected chi connectivity index (χ1v) is 14.5. The van der Waals surface area contributed by atoms with E-state index >= 15 is 0 Å². The molecular formula is C28H44N2O6S. The van der Waals surface area contributed by atoms with Gasteiger partial charge >= 0.3 is 5.97 Å². The van der Waals surface area contributed by atoms with E-state index in [1.807, 2.05) is 19.1 Å². The predicted molar refractivity (Wildman–Crippen MR) is 149 cm³/mol. The highest BCUT2D eigenvalue weighted by atomic mass is 32.2. The van der Waals surface area contributed by atoms with Crippen molar-refractivity contribution in [2.45, 2.75) is 90.7 Å². The zero-order valence-corrected chi connectivity index (χ0v) is 23.4. The minimum absolute atomic E-state index is 0.237. The minimum atomic E-state index is -0.950. The molecule has 1 N–H and O–H groups in total. The Kier molecular flexibility index (Phi) is 18.0. The van der Waals surface area contributed by atoms with Crippen molar-refractivity contribution in [3.63, 3.8) is 0 Å². The van der Waals surface area contributed by atoms with Crippen molar-refractivity contribution >= 4 is 23.6 Å². The van der Waals surface area contributed by atoms with Crippen LogP contribution >= 0.6 is 11.8 Å². The number of aryl methyl sites for hydroxylation is 1. The van der Waals surface area contributed by atoms with Crippen molar-refractivity contribution in [3.8, 4) is 0 Å². The molecule has 37 heavy (non-hydrogen) atoms. The fourth-order valence-corrected chi connectivity index (χ4v) is 4.99. The zero-order valence-electron chi connectivity index (χ0n) is 22.6. The third-order valence-electron chi connectivity index (χ3n) is 5.99. The summed E-state index contributed by atoms with van der Waals surface area (Å²) in [5, 5.41) is 11.6. The molecule has 1 saturated carbocycles. The summed E-state index contributed by atoms with van der Waals surface area (Å²) in [7, 11) is 0. The number of esters is 1. The first-order valence-electron chi connectivity index (χ1n) is 13.3. The van der Waals surface area contributed by atoms with Crippen molar-refractivity contribution in [2.75, 3.05) is 18.1 Å². The number of nitrogens with zero attached hydrogens (tertiary/aromatic N) is 1. The summed E-state index contributed by atoms with van der Waals surface area (Å²) in [4.78, 5) is 37.4. The molecule has 1 aromatic carbocycles. The Balaban J connectivity index is 0.000000381. The highest BCUT2D eigenvalue weighted by molar-refractivity contribution is 7.99. The van der Waals surface area contributed by atoms with Gasteiger partial charge in [0.1, 0.15) is 18.8 Å². The summed E-state index contributed by atoms with van der Waals surface area (Å²) >= 11 is 2.13. The molecule has 0 heterocycles. The summed E-state index contributed by atoms with van der Waals surface area (Å²) in [6.07, 6.45) is 13.5. The number of thioether (sulfide) groups is 1. The minimum Gasteiger partial charge on any atom is -0.462 e. The van der Waals surface area contributed by atoms with Crippen LogP contribution in [0.4, 0.5) is 0 Å². The number of unbranched alkanes of at least 4 members (excludes halogenated alkanes) is 1. The molecule has 2 rings (SSSR count). The highest BCUT2D eigenvalue weighted by Crippen LogP contribution is 2.28. The maximum absolute atomic E-state index is 11.6. The normalized spacial score (nSPS) is 14.9. The van der Waals surface area contributed by atoms with Crippen LogP contribution in [0.3, 0.4) is 0 Å². The molecular weight excluding hydrogens is 492 g/mol. The smallest absolute Gasteiger partial charge is 0.328 e. The second kappa shape index (κ2) is 20.5. The number of carbonyl (C=O) groups is 2. The molecule has 1 aliphatic rings. The molecule has 0 bridgehead atoms. The van der Waals surface area contributed by atoms with Gasteiger partial charge in [-0.25, -0.2) is 4.79 Å². The molecule has 208 valence electrons. The van der Waals surface area contributed by atoms with Gasteiger partial charge < -0.3 is 14.9 Å². The summed E-state index contributed by atoms with van der Waals surface area (Å²) < 4.78 is 4.82. The van der Waals surface area contributed by atoms with E-state index in [4.69, 9.17) is 4.74 Å². The van der Waals surface area contributed by atoms with E-state index in [-0.39, 0.29) is 12.5 Å². The van der Waals surface area contributed by atoms with Crippen molar-refractivity contribution in [3.05, 3.63) is 58.2 Å². The lowest BCUT2D eigenvalue weighted by Gasteiger charge is -2.15.